The van der Waals surface area contributed by atoms with Crippen molar-refractivity contribution in [3.05, 3.63) is 62.7 Å². The molecule has 1 aliphatic rings. The van der Waals surface area contributed by atoms with Crippen LogP contribution in [0.1, 0.15) is 5.56 Å². The molecule has 0 saturated carbocycles. The highest BCUT2D eigenvalue weighted by atomic mass is 32.2. The molecular weight excluding hydrogens is 248 g/mol. The van der Waals surface area contributed by atoms with Gasteiger partial charge in [0.15, 0.2) is 0 Å². The van der Waals surface area contributed by atoms with Crippen LogP contribution in [0.3, 0.4) is 0 Å². The Balaban J connectivity index is 1.82. The largest absolute Gasteiger partial charge is 0.268 e. The number of fused-ring (bicyclic) bond motifs is 1. The zero-order valence-corrected chi connectivity index (χ0v) is 10.4. The van der Waals surface area contributed by atoms with Gasteiger partial charge < -0.3 is 0 Å². The molecule has 0 aliphatic carbocycles. The van der Waals surface area contributed by atoms with Gasteiger partial charge in [-0.1, -0.05) is 18.2 Å². The van der Waals surface area contributed by atoms with Crippen LogP contribution in [-0.4, -0.2) is 15.0 Å². The molecule has 5 heteroatoms. The molecule has 4 nitrogen and oxygen atoms in total. The summed E-state index contributed by atoms with van der Waals surface area (Å²) in [5, 5.41) is 2.87. The van der Waals surface area contributed by atoms with E-state index in [4.69, 9.17) is 0 Å². The third kappa shape index (κ3) is 2.13. The zero-order valence-electron chi connectivity index (χ0n) is 9.63. The van der Waals surface area contributed by atoms with Crippen LogP contribution >= 0.6 is 11.8 Å². The van der Waals surface area contributed by atoms with E-state index in [9.17, 15) is 9.59 Å². The topological polar surface area (TPSA) is 54.9 Å². The Bertz CT molecular complexity index is 665. The number of hydrogen-bond donors (Lipinski definition) is 1. The van der Waals surface area contributed by atoms with Crippen molar-refractivity contribution in [2.75, 3.05) is 0 Å². The van der Waals surface area contributed by atoms with Crippen LogP contribution in [0.4, 0.5) is 0 Å². The van der Waals surface area contributed by atoms with Crippen LogP contribution < -0.4 is 11.1 Å². The van der Waals surface area contributed by atoms with Gasteiger partial charge >= 0.3 is 0 Å². The number of nitrogens with one attached hydrogen (secondary N) is 1. The van der Waals surface area contributed by atoms with Crippen molar-refractivity contribution < 1.29 is 0 Å². The molecule has 2 aromatic rings. The normalized spacial score (nSPS) is 17.7. The van der Waals surface area contributed by atoms with Crippen molar-refractivity contribution >= 4 is 11.8 Å². The molecular formula is C13H12N2O2S. The monoisotopic (exact) mass is 260 g/mol. The number of thioether (sulfide) groups is 1. The van der Waals surface area contributed by atoms with Crippen LogP contribution in [-0.2, 0) is 13.0 Å². The molecule has 1 atom stereocenters. The fraction of sp³-hybridized carbons (Fsp3) is 0.231. The van der Waals surface area contributed by atoms with E-state index in [1.165, 1.54) is 27.3 Å². The molecule has 18 heavy (non-hydrogen) atoms. The summed E-state index contributed by atoms with van der Waals surface area (Å²) in [5.41, 5.74) is 0.917. The van der Waals surface area contributed by atoms with Gasteiger partial charge in [-0.3, -0.25) is 14.7 Å². The average molecular weight is 260 g/mol. The Hall–Kier alpha value is -1.75. The van der Waals surface area contributed by atoms with Crippen molar-refractivity contribution in [1.82, 2.24) is 9.78 Å². The predicted octanol–water partition coefficient (Wildman–Crippen LogP) is 1.25. The van der Waals surface area contributed by atoms with Crippen molar-refractivity contribution in [2.24, 2.45) is 0 Å². The van der Waals surface area contributed by atoms with Crippen LogP contribution in [0.5, 0.6) is 0 Å². The molecule has 1 unspecified atom stereocenters. The summed E-state index contributed by atoms with van der Waals surface area (Å²) in [6, 6.07) is 10.8. The Morgan fingerprint density at radius 2 is 2.06 bits per heavy atom. The molecule has 0 radical (unpaired) electrons. The number of hydrogen-bond acceptors (Lipinski definition) is 3. The standard InChI is InChI=1S/C13H12N2O2S/c16-12-5-6-13(17)15(14-12)8-10-7-9-3-1-2-4-11(9)18-10/h1-6,10H,7-8H2,(H,14,16). The molecule has 0 fully saturated rings. The van der Waals surface area contributed by atoms with Crippen molar-refractivity contribution in [1.29, 1.82) is 0 Å². The summed E-state index contributed by atoms with van der Waals surface area (Å²) in [6.07, 6.45) is 0.935. The van der Waals surface area contributed by atoms with Crippen molar-refractivity contribution in [3.63, 3.8) is 0 Å². The maximum absolute atomic E-state index is 11.6. The van der Waals surface area contributed by atoms with Gasteiger partial charge in [0.05, 0.1) is 6.54 Å². The molecule has 2 heterocycles. The summed E-state index contributed by atoms with van der Waals surface area (Å²) < 4.78 is 1.39. The van der Waals surface area contributed by atoms with Gasteiger partial charge in [0, 0.05) is 22.3 Å². The first-order valence-corrected chi connectivity index (χ1v) is 6.65. The van der Waals surface area contributed by atoms with Crippen LogP contribution in [0.25, 0.3) is 0 Å². The van der Waals surface area contributed by atoms with Gasteiger partial charge in [-0.2, -0.15) is 0 Å². The van der Waals surface area contributed by atoms with Crippen LogP contribution in [0.15, 0.2) is 50.9 Å². The molecule has 1 aromatic carbocycles. The average Bonchev–Trinajstić information content (AvgIpc) is 2.76. The first kappa shape index (κ1) is 11.3. The maximum atomic E-state index is 11.6. The lowest BCUT2D eigenvalue weighted by Gasteiger charge is -2.10. The van der Waals surface area contributed by atoms with E-state index < -0.39 is 0 Å². The predicted molar refractivity (Wildman–Crippen MR) is 71.1 cm³/mol. The molecule has 92 valence electrons. The number of nitrogens with zero attached hydrogens (tertiary/aromatic N) is 1. The second kappa shape index (κ2) is 4.49. The second-order valence-corrected chi connectivity index (χ2v) is 5.65. The van der Waals surface area contributed by atoms with E-state index in [2.05, 4.69) is 17.2 Å². The zero-order chi connectivity index (χ0) is 12.5. The Morgan fingerprint density at radius 3 is 2.89 bits per heavy atom. The molecule has 1 aliphatic heterocycles. The highest BCUT2D eigenvalue weighted by molar-refractivity contribution is 8.00. The maximum Gasteiger partial charge on any atom is 0.265 e. The minimum atomic E-state index is -0.241. The van der Waals surface area contributed by atoms with Crippen LogP contribution in [0.2, 0.25) is 0 Å². The summed E-state index contributed by atoms with van der Waals surface area (Å²) in [4.78, 5) is 24.1. The molecule has 0 bridgehead atoms. The number of aromatic nitrogens is 2. The molecule has 0 amide bonds. The van der Waals surface area contributed by atoms with Gasteiger partial charge in [-0.05, 0) is 18.1 Å². The van der Waals surface area contributed by atoms with Crippen molar-refractivity contribution in [3.8, 4) is 0 Å². The number of aromatic amines is 1. The van der Waals surface area contributed by atoms with E-state index in [0.717, 1.165) is 6.42 Å². The SMILES string of the molecule is O=c1ccc(=O)n(CC2Cc3ccccc3S2)[nH]1. The van der Waals surface area contributed by atoms with Gasteiger partial charge in [0.1, 0.15) is 0 Å². The molecule has 0 spiro atoms. The first-order valence-electron chi connectivity index (χ1n) is 5.77. The molecule has 0 saturated heterocycles. The van der Waals surface area contributed by atoms with Gasteiger partial charge in [0.2, 0.25) is 0 Å². The van der Waals surface area contributed by atoms with E-state index in [1.54, 1.807) is 11.8 Å². The van der Waals surface area contributed by atoms with Gasteiger partial charge in [-0.15, -0.1) is 11.8 Å². The quantitative estimate of drug-likeness (QED) is 0.884. The Labute approximate surface area is 108 Å². The highest BCUT2D eigenvalue weighted by Crippen LogP contribution is 2.37. The Morgan fingerprint density at radius 1 is 1.22 bits per heavy atom. The Kier molecular flexibility index (Phi) is 2.83. The lowest BCUT2D eigenvalue weighted by molar-refractivity contribution is 0.554. The smallest absolute Gasteiger partial charge is 0.265 e. The summed E-state index contributed by atoms with van der Waals surface area (Å²) in [7, 11) is 0. The van der Waals surface area contributed by atoms with E-state index >= 15 is 0 Å². The third-order valence-electron chi connectivity index (χ3n) is 2.99. The van der Waals surface area contributed by atoms with E-state index in [-0.39, 0.29) is 11.1 Å². The van der Waals surface area contributed by atoms with Crippen LogP contribution in [0, 0.1) is 0 Å². The molecule has 1 aromatic heterocycles. The number of rotatable bonds is 2. The van der Waals surface area contributed by atoms with Crippen molar-refractivity contribution in [2.45, 2.75) is 23.1 Å². The first-order chi connectivity index (χ1) is 8.72. The summed E-state index contributed by atoms with van der Waals surface area (Å²) in [6.45, 7) is 0.536. The third-order valence-corrected chi connectivity index (χ3v) is 4.29. The van der Waals surface area contributed by atoms with E-state index in [0.29, 0.717) is 11.8 Å². The highest BCUT2D eigenvalue weighted by Gasteiger charge is 2.22. The second-order valence-electron chi connectivity index (χ2n) is 4.31. The molecule has 1 N–H and O–H groups in total. The summed E-state index contributed by atoms with van der Waals surface area (Å²) in [5.74, 6) is 0. The molecule has 3 rings (SSSR count). The minimum absolute atomic E-state index is 0.161. The summed E-state index contributed by atoms with van der Waals surface area (Å²) >= 11 is 1.76. The fourth-order valence-electron chi connectivity index (χ4n) is 2.16. The van der Waals surface area contributed by atoms with Gasteiger partial charge in [0.25, 0.3) is 11.1 Å². The number of H-pyrrole nitrogens is 1. The van der Waals surface area contributed by atoms with Gasteiger partial charge in [-0.25, -0.2) is 4.68 Å². The van der Waals surface area contributed by atoms with E-state index in [1.807, 2.05) is 12.1 Å². The minimum Gasteiger partial charge on any atom is -0.268 e. The number of benzene rings is 1. The lowest BCUT2D eigenvalue weighted by Crippen LogP contribution is -2.31. The lowest BCUT2D eigenvalue weighted by atomic mass is 10.1. The fourth-order valence-corrected chi connectivity index (χ4v) is 3.46.